The molecule has 0 bridgehead atoms. The number of nitrogens with one attached hydrogen (secondary N) is 1. The van der Waals surface area contributed by atoms with Crippen LogP contribution in [0.2, 0.25) is 0 Å². The summed E-state index contributed by atoms with van der Waals surface area (Å²) in [6.45, 7) is 1.24. The maximum atomic E-state index is 13.6. The lowest BCUT2D eigenvalue weighted by Gasteiger charge is -2.27. The van der Waals surface area contributed by atoms with Crippen molar-refractivity contribution in [2.24, 2.45) is 4.99 Å². The van der Waals surface area contributed by atoms with Gasteiger partial charge in [-0.1, -0.05) is 66.7 Å². The molecule has 0 spiro atoms. The van der Waals surface area contributed by atoms with Crippen molar-refractivity contribution in [3.63, 3.8) is 0 Å². The number of amides is 1. The van der Waals surface area contributed by atoms with Crippen molar-refractivity contribution in [2.45, 2.75) is 6.04 Å². The minimum Gasteiger partial charge on any atom is -0.378 e. The molecule has 0 saturated carbocycles. The minimum absolute atomic E-state index is 0.0712. The third-order valence-electron chi connectivity index (χ3n) is 5.23. The third-order valence-corrected chi connectivity index (χ3v) is 5.23. The Morgan fingerprint density at radius 2 is 1.62 bits per heavy atom. The first-order valence-corrected chi connectivity index (χ1v) is 9.72. The summed E-state index contributed by atoms with van der Waals surface area (Å²) in [6.07, 6.45) is 1.72. The number of rotatable bonds is 3. The lowest BCUT2D eigenvalue weighted by Crippen LogP contribution is -2.34. The number of pyridine rings is 1. The van der Waals surface area contributed by atoms with Crippen LogP contribution < -0.4 is 10.2 Å². The molecule has 0 saturated heterocycles. The second-order valence-electron chi connectivity index (χ2n) is 6.99. The maximum absolute atomic E-state index is 13.6. The van der Waals surface area contributed by atoms with E-state index in [1.54, 1.807) is 11.1 Å². The van der Waals surface area contributed by atoms with Crippen LogP contribution in [0.3, 0.4) is 0 Å². The highest BCUT2D eigenvalue weighted by atomic mass is 16.2. The van der Waals surface area contributed by atoms with Crippen LogP contribution in [0.25, 0.3) is 0 Å². The normalized spacial score (nSPS) is 18.8. The predicted molar refractivity (Wildman–Crippen MR) is 114 cm³/mol. The Labute approximate surface area is 169 Å². The van der Waals surface area contributed by atoms with E-state index in [-0.39, 0.29) is 11.9 Å². The molecule has 1 atom stereocenters. The van der Waals surface area contributed by atoms with Gasteiger partial charge in [0, 0.05) is 23.9 Å². The Bertz CT molecular complexity index is 1090. The third kappa shape index (κ3) is 3.01. The van der Waals surface area contributed by atoms with Crippen LogP contribution in [0.15, 0.2) is 101 Å². The van der Waals surface area contributed by atoms with E-state index in [0.29, 0.717) is 24.6 Å². The topological polar surface area (TPSA) is 57.6 Å². The van der Waals surface area contributed by atoms with Gasteiger partial charge >= 0.3 is 0 Å². The fourth-order valence-electron chi connectivity index (χ4n) is 4.00. The van der Waals surface area contributed by atoms with E-state index < -0.39 is 0 Å². The largest absolute Gasteiger partial charge is 0.378 e. The molecule has 29 heavy (non-hydrogen) atoms. The number of benzene rings is 2. The molecular weight excluding hydrogens is 360 g/mol. The second kappa shape index (κ2) is 7.36. The first-order chi connectivity index (χ1) is 14.3. The Morgan fingerprint density at radius 3 is 2.34 bits per heavy atom. The van der Waals surface area contributed by atoms with Gasteiger partial charge in [-0.05, 0) is 17.7 Å². The molecule has 142 valence electrons. The number of anilines is 1. The number of aromatic nitrogens is 1. The molecule has 2 aliphatic heterocycles. The number of hydrogen-bond acceptors (Lipinski definition) is 4. The first-order valence-electron chi connectivity index (χ1n) is 9.72. The predicted octanol–water partition coefficient (Wildman–Crippen LogP) is 3.52. The minimum atomic E-state index is -0.293. The Balaban J connectivity index is 1.73. The van der Waals surface area contributed by atoms with Gasteiger partial charge in [0.05, 0.1) is 18.3 Å². The highest BCUT2D eigenvalue weighted by Crippen LogP contribution is 2.41. The fourth-order valence-corrected chi connectivity index (χ4v) is 4.00. The van der Waals surface area contributed by atoms with Gasteiger partial charge < -0.3 is 5.32 Å². The molecular formula is C24H20N4O. The van der Waals surface area contributed by atoms with Crippen molar-refractivity contribution >= 4 is 17.4 Å². The van der Waals surface area contributed by atoms with E-state index in [4.69, 9.17) is 4.99 Å². The number of aliphatic imine (C=N–C) groups is 1. The SMILES string of the molecule is O=C1C2=C(C(c3ccccc3)=NCCN2)C(c2ccccc2)N1c1ccccn1. The lowest BCUT2D eigenvalue weighted by atomic mass is 9.91. The van der Waals surface area contributed by atoms with Gasteiger partial charge in [-0.25, -0.2) is 4.98 Å². The molecule has 0 radical (unpaired) electrons. The highest BCUT2D eigenvalue weighted by molar-refractivity contribution is 6.23. The summed E-state index contributed by atoms with van der Waals surface area (Å²) in [4.78, 5) is 24.7. The maximum Gasteiger partial charge on any atom is 0.276 e. The summed E-state index contributed by atoms with van der Waals surface area (Å²) in [7, 11) is 0. The van der Waals surface area contributed by atoms with Gasteiger partial charge in [0.15, 0.2) is 0 Å². The zero-order chi connectivity index (χ0) is 19.6. The number of hydrogen-bond donors (Lipinski definition) is 1. The zero-order valence-corrected chi connectivity index (χ0v) is 15.8. The van der Waals surface area contributed by atoms with Gasteiger partial charge in [0.2, 0.25) is 0 Å². The van der Waals surface area contributed by atoms with Crippen LogP contribution in [0.5, 0.6) is 0 Å². The number of carbonyl (C=O) groups is 1. The standard InChI is InChI=1S/C24H20N4O/c29-24-22-20(21(26-15-16-27-22)17-9-3-1-4-10-17)23(18-11-5-2-6-12-18)28(24)19-13-7-8-14-25-19/h1-14,23,27H,15-16H2. The molecule has 5 heteroatoms. The van der Waals surface area contributed by atoms with Crippen LogP contribution in [0.1, 0.15) is 17.2 Å². The van der Waals surface area contributed by atoms with E-state index in [0.717, 1.165) is 22.4 Å². The molecule has 1 aromatic heterocycles. The quantitative estimate of drug-likeness (QED) is 0.756. The van der Waals surface area contributed by atoms with E-state index in [9.17, 15) is 4.79 Å². The summed E-state index contributed by atoms with van der Waals surface area (Å²) < 4.78 is 0. The molecule has 0 aliphatic carbocycles. The van der Waals surface area contributed by atoms with E-state index >= 15 is 0 Å². The summed E-state index contributed by atoms with van der Waals surface area (Å²) >= 11 is 0. The van der Waals surface area contributed by atoms with Crippen molar-refractivity contribution in [1.29, 1.82) is 0 Å². The van der Waals surface area contributed by atoms with E-state index in [1.807, 2.05) is 66.7 Å². The van der Waals surface area contributed by atoms with Gasteiger partial charge in [-0.2, -0.15) is 0 Å². The first kappa shape index (κ1) is 17.4. The van der Waals surface area contributed by atoms with Gasteiger partial charge in [-0.3, -0.25) is 14.7 Å². The average Bonchev–Trinajstić information content (AvgIpc) is 2.93. The van der Waals surface area contributed by atoms with Crippen molar-refractivity contribution < 1.29 is 4.79 Å². The Morgan fingerprint density at radius 1 is 0.897 bits per heavy atom. The van der Waals surface area contributed by atoms with Crippen molar-refractivity contribution in [2.75, 3.05) is 18.0 Å². The lowest BCUT2D eigenvalue weighted by molar-refractivity contribution is -0.115. The van der Waals surface area contributed by atoms with Crippen LogP contribution >= 0.6 is 0 Å². The van der Waals surface area contributed by atoms with Gasteiger partial charge in [-0.15, -0.1) is 0 Å². The highest BCUT2D eigenvalue weighted by Gasteiger charge is 2.44. The monoisotopic (exact) mass is 380 g/mol. The Kier molecular flexibility index (Phi) is 4.41. The van der Waals surface area contributed by atoms with Crippen LogP contribution in [0, 0.1) is 0 Å². The average molecular weight is 380 g/mol. The van der Waals surface area contributed by atoms with Crippen LogP contribution in [0.4, 0.5) is 5.82 Å². The second-order valence-corrected chi connectivity index (χ2v) is 6.99. The zero-order valence-electron chi connectivity index (χ0n) is 15.8. The van der Waals surface area contributed by atoms with Crippen LogP contribution in [-0.4, -0.2) is 29.7 Å². The van der Waals surface area contributed by atoms with E-state index in [2.05, 4.69) is 22.4 Å². The number of carbonyl (C=O) groups excluding carboxylic acids is 1. The summed E-state index contributed by atoms with van der Waals surface area (Å²) in [5.74, 6) is 0.562. The van der Waals surface area contributed by atoms with Crippen molar-refractivity contribution in [1.82, 2.24) is 10.3 Å². The molecule has 2 aromatic carbocycles. The molecule has 1 amide bonds. The molecule has 5 nitrogen and oxygen atoms in total. The Hall–Kier alpha value is -3.73. The van der Waals surface area contributed by atoms with E-state index in [1.165, 1.54) is 0 Å². The summed E-state index contributed by atoms with van der Waals surface area (Å²) in [5, 5.41) is 3.34. The summed E-state index contributed by atoms with van der Waals surface area (Å²) in [5.41, 5.74) is 4.44. The molecule has 3 aromatic rings. The van der Waals surface area contributed by atoms with Crippen molar-refractivity contribution in [3.05, 3.63) is 107 Å². The van der Waals surface area contributed by atoms with Crippen molar-refractivity contribution in [3.8, 4) is 0 Å². The molecule has 0 fully saturated rings. The number of nitrogens with zero attached hydrogens (tertiary/aromatic N) is 3. The van der Waals surface area contributed by atoms with Crippen LogP contribution in [-0.2, 0) is 4.79 Å². The molecule has 1 N–H and O–H groups in total. The summed E-state index contributed by atoms with van der Waals surface area (Å²) in [6, 6.07) is 25.5. The molecule has 1 unspecified atom stereocenters. The molecule has 3 heterocycles. The van der Waals surface area contributed by atoms with Gasteiger partial charge in [0.25, 0.3) is 5.91 Å². The smallest absolute Gasteiger partial charge is 0.276 e. The molecule has 5 rings (SSSR count). The van der Waals surface area contributed by atoms with Gasteiger partial charge in [0.1, 0.15) is 11.5 Å². The fraction of sp³-hybridized carbons (Fsp3) is 0.125. The molecule has 2 aliphatic rings.